The van der Waals surface area contributed by atoms with E-state index in [9.17, 15) is 42.5 Å². The molecule has 0 N–H and O–H groups in total. The molecule has 300 valence electrons. The predicted molar refractivity (Wildman–Crippen MR) is 214 cm³/mol. The Kier molecular flexibility index (Phi) is 9.38. The van der Waals surface area contributed by atoms with Gasteiger partial charge in [-0.15, -0.1) is 0 Å². The molecule has 2 heterocycles. The molecule has 0 spiro atoms. The quantitative estimate of drug-likeness (QED) is 0.0799. The number of benzene rings is 6. The first-order chi connectivity index (χ1) is 28.4. The summed E-state index contributed by atoms with van der Waals surface area (Å²) < 4.78 is 51.9. The number of ether oxygens (including phenoxy) is 2. The van der Waals surface area contributed by atoms with Gasteiger partial charge in [0.15, 0.2) is 0 Å². The van der Waals surface area contributed by atoms with E-state index in [1.165, 1.54) is 23.1 Å². The van der Waals surface area contributed by atoms with Gasteiger partial charge in [-0.2, -0.15) is 13.2 Å². The van der Waals surface area contributed by atoms with Crippen molar-refractivity contribution in [3.8, 4) is 23.0 Å². The molecular formula is C46H32F3N3O8. The molecule has 0 bridgehead atoms. The summed E-state index contributed by atoms with van der Waals surface area (Å²) in [6.45, 7) is 7.88. The van der Waals surface area contributed by atoms with Gasteiger partial charge in [-0.05, 0) is 109 Å². The second kappa shape index (κ2) is 14.3. The van der Waals surface area contributed by atoms with Crippen LogP contribution in [0.15, 0.2) is 121 Å². The van der Waals surface area contributed by atoms with E-state index in [0.717, 1.165) is 28.3 Å². The highest BCUT2D eigenvalue weighted by Crippen LogP contribution is 2.41. The number of nitro benzene ring substituents is 1. The predicted octanol–water partition coefficient (Wildman–Crippen LogP) is 10.7. The number of hydrogen-bond acceptors (Lipinski definition) is 8. The summed E-state index contributed by atoms with van der Waals surface area (Å²) in [5, 5.41) is 11.7. The Balaban J connectivity index is 0.943. The Labute approximate surface area is 340 Å². The summed E-state index contributed by atoms with van der Waals surface area (Å²) in [6, 6.07) is 30.7. The molecule has 2 aliphatic rings. The van der Waals surface area contributed by atoms with E-state index in [0.29, 0.717) is 39.5 Å². The van der Waals surface area contributed by atoms with Crippen molar-refractivity contribution >= 4 is 40.7 Å². The monoisotopic (exact) mass is 811 g/mol. The summed E-state index contributed by atoms with van der Waals surface area (Å²) >= 11 is 0. The van der Waals surface area contributed by atoms with E-state index in [-0.39, 0.29) is 34.4 Å². The molecule has 60 heavy (non-hydrogen) atoms. The molecule has 6 aromatic rings. The Morgan fingerprint density at radius 1 is 0.517 bits per heavy atom. The number of aryl methyl sites for hydroxylation is 2. The topological polar surface area (TPSA) is 136 Å². The van der Waals surface area contributed by atoms with Crippen molar-refractivity contribution in [1.29, 1.82) is 0 Å². The van der Waals surface area contributed by atoms with Crippen molar-refractivity contribution in [1.82, 2.24) is 0 Å². The molecule has 0 saturated heterocycles. The Hall–Kier alpha value is -7.61. The highest BCUT2D eigenvalue weighted by atomic mass is 19.4. The van der Waals surface area contributed by atoms with Gasteiger partial charge in [-0.25, -0.2) is 9.80 Å². The number of imide groups is 2. The highest BCUT2D eigenvalue weighted by molar-refractivity contribution is 6.35. The fourth-order valence-corrected chi connectivity index (χ4v) is 7.41. The molecule has 0 atom stereocenters. The first-order valence-corrected chi connectivity index (χ1v) is 18.5. The van der Waals surface area contributed by atoms with Gasteiger partial charge in [-0.1, -0.05) is 55.8 Å². The van der Waals surface area contributed by atoms with E-state index in [1.54, 1.807) is 36.4 Å². The molecule has 0 saturated carbocycles. The lowest BCUT2D eigenvalue weighted by Crippen LogP contribution is -2.30. The standard InChI is InChI=1S/C46H32F3N3O8/c1-25-5-19-38(26(2)21-25)50-41(53)34-17-15-32(23-36(34)43(50)55)59-30-11-6-27(7-12-30)45(3,4)28-8-13-31(14-9-28)60-33-16-18-35-37(24-33)44(56)51(42(35)54)39-20-10-29(46(47,48)49)22-40(39)52(57)58/h5-24H,1-4H3. The van der Waals surface area contributed by atoms with Crippen LogP contribution in [-0.2, 0) is 11.6 Å². The normalized spacial score (nSPS) is 13.8. The number of nitro groups is 1. The average Bonchev–Trinajstić information content (AvgIpc) is 3.60. The van der Waals surface area contributed by atoms with Crippen molar-refractivity contribution < 1.29 is 46.7 Å². The highest BCUT2D eigenvalue weighted by Gasteiger charge is 2.42. The molecular weight excluding hydrogens is 780 g/mol. The molecule has 11 nitrogen and oxygen atoms in total. The second-order valence-corrected chi connectivity index (χ2v) is 14.9. The van der Waals surface area contributed by atoms with Gasteiger partial charge in [-0.3, -0.25) is 29.3 Å². The summed E-state index contributed by atoms with van der Waals surface area (Å²) in [7, 11) is 0. The summed E-state index contributed by atoms with van der Waals surface area (Å²) in [5.41, 5.74) is 1.22. The third-order valence-corrected chi connectivity index (χ3v) is 10.7. The van der Waals surface area contributed by atoms with E-state index >= 15 is 0 Å². The van der Waals surface area contributed by atoms with Crippen LogP contribution in [0.4, 0.5) is 30.2 Å². The lowest BCUT2D eigenvalue weighted by molar-refractivity contribution is -0.384. The maximum absolute atomic E-state index is 13.4. The number of carbonyl (C=O) groups is 4. The van der Waals surface area contributed by atoms with Crippen LogP contribution >= 0.6 is 0 Å². The number of hydrogen-bond donors (Lipinski definition) is 0. The molecule has 8 rings (SSSR count). The van der Waals surface area contributed by atoms with E-state index in [1.807, 2.05) is 76.2 Å². The van der Waals surface area contributed by atoms with E-state index in [2.05, 4.69) is 0 Å². The molecule has 0 radical (unpaired) electrons. The van der Waals surface area contributed by atoms with Crippen LogP contribution in [0.1, 0.15) is 83.1 Å². The first kappa shape index (κ1) is 39.2. The van der Waals surface area contributed by atoms with Gasteiger partial charge in [0.2, 0.25) is 0 Å². The molecule has 4 amide bonds. The van der Waals surface area contributed by atoms with E-state index < -0.39 is 51.2 Å². The number of fused-ring (bicyclic) bond motifs is 2. The zero-order chi connectivity index (χ0) is 42.8. The van der Waals surface area contributed by atoms with Crippen molar-refractivity contribution in [3.63, 3.8) is 0 Å². The lowest BCUT2D eigenvalue weighted by Gasteiger charge is -2.26. The number of halogens is 3. The van der Waals surface area contributed by atoms with Crippen LogP contribution in [0, 0.1) is 24.0 Å². The minimum atomic E-state index is -4.88. The van der Waals surface area contributed by atoms with Crippen LogP contribution in [-0.4, -0.2) is 28.6 Å². The number of amides is 4. The summed E-state index contributed by atoms with van der Waals surface area (Å²) in [4.78, 5) is 65.5. The Morgan fingerprint density at radius 2 is 0.933 bits per heavy atom. The van der Waals surface area contributed by atoms with Gasteiger partial charge < -0.3 is 9.47 Å². The summed E-state index contributed by atoms with van der Waals surface area (Å²) in [6.07, 6.45) is -4.88. The number of carbonyl (C=O) groups excluding carboxylic acids is 4. The second-order valence-electron chi connectivity index (χ2n) is 14.9. The first-order valence-electron chi connectivity index (χ1n) is 18.5. The fourth-order valence-electron chi connectivity index (χ4n) is 7.41. The lowest BCUT2D eigenvalue weighted by atomic mass is 9.78. The van der Waals surface area contributed by atoms with Crippen molar-refractivity contribution in [2.24, 2.45) is 0 Å². The SMILES string of the molecule is Cc1ccc(N2C(=O)c3ccc(Oc4ccc(C(C)(C)c5ccc(Oc6ccc7c(c6)C(=O)N(c6ccc(C(F)(F)F)cc6[N+](=O)[O-])C7=O)cc5)cc4)cc3C2=O)c(C)c1. The maximum Gasteiger partial charge on any atom is 0.416 e. The van der Waals surface area contributed by atoms with Crippen LogP contribution in [0.5, 0.6) is 23.0 Å². The smallest absolute Gasteiger partial charge is 0.416 e. The van der Waals surface area contributed by atoms with Crippen LogP contribution in [0.25, 0.3) is 0 Å². The van der Waals surface area contributed by atoms with Gasteiger partial charge in [0, 0.05) is 11.5 Å². The zero-order valence-corrected chi connectivity index (χ0v) is 32.3. The fraction of sp³-hybridized carbons (Fsp3) is 0.130. The summed E-state index contributed by atoms with van der Waals surface area (Å²) in [5.74, 6) is -1.17. The molecule has 0 aliphatic carbocycles. The largest absolute Gasteiger partial charge is 0.457 e. The minimum Gasteiger partial charge on any atom is -0.457 e. The van der Waals surface area contributed by atoms with Crippen LogP contribution < -0.4 is 19.3 Å². The number of alkyl halides is 3. The van der Waals surface area contributed by atoms with Crippen LogP contribution in [0.2, 0.25) is 0 Å². The Bertz CT molecular complexity index is 2820. The van der Waals surface area contributed by atoms with Crippen molar-refractivity contribution in [2.75, 3.05) is 9.80 Å². The molecule has 0 aromatic heterocycles. The van der Waals surface area contributed by atoms with Crippen molar-refractivity contribution in [2.45, 2.75) is 39.3 Å². The van der Waals surface area contributed by atoms with E-state index in [4.69, 9.17) is 9.47 Å². The van der Waals surface area contributed by atoms with Gasteiger partial charge in [0.05, 0.1) is 38.4 Å². The van der Waals surface area contributed by atoms with Gasteiger partial charge in [0.25, 0.3) is 29.3 Å². The molecule has 0 unspecified atom stereocenters. The average molecular weight is 812 g/mol. The van der Waals surface area contributed by atoms with Gasteiger partial charge in [0.1, 0.15) is 28.7 Å². The number of anilines is 2. The molecule has 6 aromatic carbocycles. The molecule has 0 fully saturated rings. The number of rotatable bonds is 9. The molecule has 2 aliphatic heterocycles. The van der Waals surface area contributed by atoms with Gasteiger partial charge >= 0.3 is 6.18 Å². The zero-order valence-electron chi connectivity index (χ0n) is 32.3. The third-order valence-electron chi connectivity index (χ3n) is 10.7. The van der Waals surface area contributed by atoms with Crippen LogP contribution in [0.3, 0.4) is 0 Å². The maximum atomic E-state index is 13.4. The third kappa shape index (κ3) is 6.81. The molecule has 14 heteroatoms. The number of nitrogens with zero attached hydrogens (tertiary/aromatic N) is 3. The van der Waals surface area contributed by atoms with Crippen molar-refractivity contribution in [3.05, 3.63) is 182 Å². The Morgan fingerprint density at radius 3 is 1.38 bits per heavy atom. The minimum absolute atomic E-state index is 0.0887.